The van der Waals surface area contributed by atoms with Crippen molar-refractivity contribution in [3.05, 3.63) is 12.1 Å². The third-order valence-corrected chi connectivity index (χ3v) is 2.24. The minimum Gasteiger partial charge on any atom is -0.473 e. The smallest absolute Gasteiger partial charge is 0.328 e. The van der Waals surface area contributed by atoms with Crippen molar-refractivity contribution in [2.75, 3.05) is 17.7 Å². The van der Waals surface area contributed by atoms with E-state index < -0.39 is 6.04 Å². The van der Waals surface area contributed by atoms with E-state index >= 15 is 0 Å². The van der Waals surface area contributed by atoms with Crippen LogP contribution in [-0.4, -0.2) is 29.7 Å². The minimum atomic E-state index is -0.483. The Kier molecular flexibility index (Phi) is 5.41. The average Bonchev–Trinajstić information content (AvgIpc) is 2.33. The number of hydrogen-bond donors (Lipinski definition) is 2. The fraction of sp³-hybridized carbons (Fsp3) is 0.538. The summed E-state index contributed by atoms with van der Waals surface area (Å²) >= 11 is 0. The van der Waals surface area contributed by atoms with Crippen molar-refractivity contribution in [3.63, 3.8) is 0 Å². The lowest BCUT2D eigenvalue weighted by Crippen LogP contribution is -2.28. The van der Waals surface area contributed by atoms with E-state index in [-0.39, 0.29) is 12.1 Å². The summed E-state index contributed by atoms with van der Waals surface area (Å²) in [7, 11) is 0. The zero-order valence-corrected chi connectivity index (χ0v) is 11.8. The molecule has 1 aromatic heterocycles. The highest BCUT2D eigenvalue weighted by Crippen LogP contribution is 2.22. The molecule has 1 aromatic rings. The number of anilines is 2. The highest BCUT2D eigenvalue weighted by Gasteiger charge is 2.15. The topological polar surface area (TPSA) is 86.5 Å². The van der Waals surface area contributed by atoms with Crippen LogP contribution < -0.4 is 15.8 Å². The van der Waals surface area contributed by atoms with Gasteiger partial charge in [0.05, 0.1) is 18.4 Å². The lowest BCUT2D eigenvalue weighted by molar-refractivity contribution is -0.143. The van der Waals surface area contributed by atoms with E-state index in [0.29, 0.717) is 24.0 Å². The first-order valence-corrected chi connectivity index (χ1v) is 6.30. The van der Waals surface area contributed by atoms with Crippen molar-refractivity contribution in [3.8, 4) is 5.88 Å². The molecule has 1 heterocycles. The molecule has 0 amide bonds. The predicted molar refractivity (Wildman–Crippen MR) is 74.1 cm³/mol. The van der Waals surface area contributed by atoms with Gasteiger partial charge in [-0.05, 0) is 39.8 Å². The summed E-state index contributed by atoms with van der Waals surface area (Å²) in [4.78, 5) is 15.7. The maximum Gasteiger partial charge on any atom is 0.328 e. The molecule has 3 N–H and O–H groups in total. The Morgan fingerprint density at radius 3 is 2.68 bits per heavy atom. The van der Waals surface area contributed by atoms with Crippen LogP contribution >= 0.6 is 0 Å². The molecular weight excluding hydrogens is 246 g/mol. The molecule has 6 nitrogen and oxygen atoms in total. The fourth-order valence-corrected chi connectivity index (χ4v) is 1.40. The van der Waals surface area contributed by atoms with Gasteiger partial charge in [0.15, 0.2) is 0 Å². The molecule has 0 aliphatic carbocycles. The zero-order chi connectivity index (χ0) is 14.4. The molecule has 106 valence electrons. The second kappa shape index (κ2) is 6.82. The minimum absolute atomic E-state index is 0.0208. The Hall–Kier alpha value is -1.98. The van der Waals surface area contributed by atoms with Crippen molar-refractivity contribution in [2.45, 2.75) is 39.8 Å². The molecule has 19 heavy (non-hydrogen) atoms. The second-order valence-corrected chi connectivity index (χ2v) is 4.38. The first kappa shape index (κ1) is 15.1. The van der Waals surface area contributed by atoms with E-state index in [2.05, 4.69) is 10.3 Å². The van der Waals surface area contributed by atoms with E-state index in [0.717, 1.165) is 0 Å². The summed E-state index contributed by atoms with van der Waals surface area (Å²) in [6.07, 6.45) is -0.0208. The van der Waals surface area contributed by atoms with Crippen molar-refractivity contribution in [1.82, 2.24) is 4.98 Å². The van der Waals surface area contributed by atoms with Crippen LogP contribution in [0.4, 0.5) is 11.5 Å². The molecule has 0 spiro atoms. The van der Waals surface area contributed by atoms with Gasteiger partial charge >= 0.3 is 5.97 Å². The number of carbonyl (C=O) groups excluding carboxylic acids is 1. The van der Waals surface area contributed by atoms with Crippen LogP contribution in [0.25, 0.3) is 0 Å². The van der Waals surface area contributed by atoms with Crippen LogP contribution in [0.2, 0.25) is 0 Å². The Labute approximate surface area is 113 Å². The van der Waals surface area contributed by atoms with Crippen molar-refractivity contribution >= 4 is 17.5 Å². The van der Waals surface area contributed by atoms with Crippen molar-refractivity contribution in [2.24, 2.45) is 0 Å². The van der Waals surface area contributed by atoms with Crippen molar-refractivity contribution in [1.29, 1.82) is 0 Å². The number of nitrogen functional groups attached to an aromatic ring is 1. The molecule has 1 rings (SSSR count). The van der Waals surface area contributed by atoms with Gasteiger partial charge in [0.2, 0.25) is 5.88 Å². The average molecular weight is 267 g/mol. The standard InChI is InChI=1S/C13H21N3O3/c1-5-18-13(17)9(4)15-11-7-6-10(14)12(16-11)19-8(2)3/h6-9H,5,14H2,1-4H3,(H,15,16). The van der Waals surface area contributed by atoms with Gasteiger partial charge in [-0.1, -0.05) is 0 Å². The molecular formula is C13H21N3O3. The quantitative estimate of drug-likeness (QED) is 0.764. The lowest BCUT2D eigenvalue weighted by atomic mass is 10.3. The third-order valence-electron chi connectivity index (χ3n) is 2.24. The number of nitrogens with zero attached hydrogens (tertiary/aromatic N) is 1. The maximum absolute atomic E-state index is 11.5. The zero-order valence-electron chi connectivity index (χ0n) is 11.8. The molecule has 0 bridgehead atoms. The van der Waals surface area contributed by atoms with Gasteiger partial charge in [-0.15, -0.1) is 0 Å². The molecule has 1 unspecified atom stereocenters. The number of esters is 1. The molecule has 0 saturated carbocycles. The van der Waals surface area contributed by atoms with Crippen LogP contribution in [0.1, 0.15) is 27.7 Å². The van der Waals surface area contributed by atoms with Gasteiger partial charge in [-0.2, -0.15) is 4.98 Å². The molecule has 0 radical (unpaired) electrons. The third kappa shape index (κ3) is 4.65. The molecule has 0 fully saturated rings. The maximum atomic E-state index is 11.5. The Balaban J connectivity index is 2.76. The van der Waals surface area contributed by atoms with Crippen LogP contribution in [0.5, 0.6) is 5.88 Å². The van der Waals surface area contributed by atoms with Gasteiger partial charge in [0, 0.05) is 0 Å². The molecule has 1 atom stereocenters. The summed E-state index contributed by atoms with van der Waals surface area (Å²) in [5.74, 6) is 0.550. The molecule has 6 heteroatoms. The van der Waals surface area contributed by atoms with E-state index in [1.807, 2.05) is 13.8 Å². The highest BCUT2D eigenvalue weighted by molar-refractivity contribution is 5.78. The largest absolute Gasteiger partial charge is 0.473 e. The van der Waals surface area contributed by atoms with Crippen LogP contribution in [0.15, 0.2) is 12.1 Å². The fourth-order valence-electron chi connectivity index (χ4n) is 1.40. The Morgan fingerprint density at radius 1 is 1.42 bits per heavy atom. The molecule has 0 aromatic carbocycles. The van der Waals surface area contributed by atoms with Crippen LogP contribution in [0, 0.1) is 0 Å². The number of pyridine rings is 1. The van der Waals surface area contributed by atoms with Gasteiger partial charge in [0.25, 0.3) is 0 Å². The van der Waals surface area contributed by atoms with Crippen LogP contribution in [0.3, 0.4) is 0 Å². The first-order chi connectivity index (χ1) is 8.93. The Morgan fingerprint density at radius 2 is 2.11 bits per heavy atom. The van der Waals surface area contributed by atoms with E-state index in [1.54, 1.807) is 26.0 Å². The van der Waals surface area contributed by atoms with Crippen molar-refractivity contribution < 1.29 is 14.3 Å². The summed E-state index contributed by atoms with van der Waals surface area (Å²) in [5, 5.41) is 2.95. The normalized spacial score (nSPS) is 12.1. The van der Waals surface area contributed by atoms with Gasteiger partial charge in [-0.3, -0.25) is 0 Å². The first-order valence-electron chi connectivity index (χ1n) is 6.30. The van der Waals surface area contributed by atoms with Gasteiger partial charge in [0.1, 0.15) is 11.9 Å². The number of hydrogen-bond acceptors (Lipinski definition) is 6. The summed E-state index contributed by atoms with van der Waals surface area (Å²) in [6.45, 7) is 7.60. The predicted octanol–water partition coefficient (Wildman–Crippen LogP) is 1.81. The molecule has 0 aliphatic rings. The van der Waals surface area contributed by atoms with E-state index in [1.165, 1.54) is 0 Å². The number of carbonyl (C=O) groups is 1. The Bertz CT molecular complexity index is 435. The van der Waals surface area contributed by atoms with E-state index in [4.69, 9.17) is 15.2 Å². The summed E-state index contributed by atoms with van der Waals surface area (Å²) < 4.78 is 10.4. The monoisotopic (exact) mass is 267 g/mol. The van der Waals surface area contributed by atoms with Gasteiger partial charge in [-0.25, -0.2) is 4.79 Å². The van der Waals surface area contributed by atoms with Crippen LogP contribution in [-0.2, 0) is 9.53 Å². The summed E-state index contributed by atoms with van der Waals surface area (Å²) in [6, 6.07) is 2.89. The number of ether oxygens (including phenoxy) is 2. The number of nitrogens with one attached hydrogen (secondary N) is 1. The number of rotatable bonds is 6. The van der Waals surface area contributed by atoms with E-state index in [9.17, 15) is 4.79 Å². The van der Waals surface area contributed by atoms with Gasteiger partial charge < -0.3 is 20.5 Å². The summed E-state index contributed by atoms with van der Waals surface area (Å²) in [5.41, 5.74) is 6.23. The lowest BCUT2D eigenvalue weighted by Gasteiger charge is -2.15. The second-order valence-electron chi connectivity index (χ2n) is 4.38. The molecule has 0 saturated heterocycles. The number of nitrogens with two attached hydrogens (primary N) is 1. The molecule has 0 aliphatic heterocycles. The highest BCUT2D eigenvalue weighted by atomic mass is 16.5. The number of aromatic nitrogens is 1. The SMILES string of the molecule is CCOC(=O)C(C)Nc1ccc(N)c(OC(C)C)n1.